The van der Waals surface area contributed by atoms with Gasteiger partial charge in [-0.05, 0) is 19.1 Å². The minimum atomic E-state index is -0.0764. The number of thioether (sulfide) groups is 1. The lowest BCUT2D eigenvalue weighted by Crippen LogP contribution is -2.20. The van der Waals surface area contributed by atoms with Crippen LogP contribution in [0.2, 0.25) is 0 Å². The molecule has 0 amide bonds. The molecule has 1 fully saturated rings. The number of ketones is 1. The average molecular weight is 160 g/mol. The molecule has 1 heterocycles. The van der Waals surface area contributed by atoms with Crippen LogP contribution in [0.15, 0.2) is 0 Å². The van der Waals surface area contributed by atoms with Gasteiger partial charge in [-0.2, -0.15) is 11.8 Å². The van der Waals surface area contributed by atoms with Crippen molar-refractivity contribution in [3.63, 3.8) is 0 Å². The summed E-state index contributed by atoms with van der Waals surface area (Å²) in [5, 5.41) is 0. The molecule has 2 nitrogen and oxygen atoms in total. The van der Waals surface area contributed by atoms with Crippen molar-refractivity contribution in [3.8, 4) is 0 Å². The van der Waals surface area contributed by atoms with Crippen LogP contribution < -0.4 is 0 Å². The van der Waals surface area contributed by atoms with Crippen molar-refractivity contribution in [1.29, 1.82) is 0 Å². The molecule has 0 bridgehead atoms. The fourth-order valence-electron chi connectivity index (χ4n) is 1.07. The van der Waals surface area contributed by atoms with Crippen LogP contribution in [0.3, 0.4) is 0 Å². The normalized spacial score (nSPS) is 25.1. The van der Waals surface area contributed by atoms with Gasteiger partial charge in [0.25, 0.3) is 0 Å². The second-order valence-corrected chi connectivity index (χ2v) is 3.27. The van der Waals surface area contributed by atoms with Crippen molar-refractivity contribution >= 4 is 17.5 Å². The topological polar surface area (TPSA) is 26.3 Å². The van der Waals surface area contributed by atoms with Crippen LogP contribution >= 0.6 is 11.8 Å². The van der Waals surface area contributed by atoms with E-state index in [0.717, 1.165) is 19.4 Å². The fraction of sp³-hybridized carbons (Fsp3) is 0.857. The van der Waals surface area contributed by atoms with Gasteiger partial charge in [0.05, 0.1) is 5.75 Å². The number of rotatable bonds is 3. The van der Waals surface area contributed by atoms with Gasteiger partial charge in [-0.25, -0.2) is 0 Å². The summed E-state index contributed by atoms with van der Waals surface area (Å²) in [6.07, 6.45) is 3.84. The van der Waals surface area contributed by atoms with Gasteiger partial charge < -0.3 is 4.74 Å². The predicted molar refractivity (Wildman–Crippen MR) is 42.4 cm³/mol. The van der Waals surface area contributed by atoms with E-state index in [-0.39, 0.29) is 11.9 Å². The molecule has 0 saturated carbocycles. The molecule has 0 aromatic carbocycles. The van der Waals surface area contributed by atoms with E-state index in [4.69, 9.17) is 4.74 Å². The molecule has 3 heteroatoms. The molecule has 0 N–H and O–H groups in total. The summed E-state index contributed by atoms with van der Waals surface area (Å²) in [6, 6.07) is 0. The number of hydrogen-bond donors (Lipinski definition) is 0. The summed E-state index contributed by atoms with van der Waals surface area (Å²) >= 11 is 1.57. The Morgan fingerprint density at radius 1 is 1.80 bits per heavy atom. The van der Waals surface area contributed by atoms with E-state index in [0.29, 0.717) is 5.75 Å². The minimum Gasteiger partial charge on any atom is -0.370 e. The van der Waals surface area contributed by atoms with Crippen molar-refractivity contribution in [1.82, 2.24) is 0 Å². The molecule has 0 aromatic heterocycles. The van der Waals surface area contributed by atoms with E-state index in [1.807, 2.05) is 6.26 Å². The Balaban J connectivity index is 2.25. The van der Waals surface area contributed by atoms with E-state index in [1.54, 1.807) is 11.8 Å². The standard InChI is InChI=1S/C7H12O2S/c1-10-5-6(8)7-3-2-4-9-7/h7H,2-5H2,1H3/t7-/m1/s1. The molecule has 1 saturated heterocycles. The molecule has 1 aliphatic rings. The monoisotopic (exact) mass is 160 g/mol. The minimum absolute atomic E-state index is 0.0764. The Morgan fingerprint density at radius 3 is 3.10 bits per heavy atom. The summed E-state index contributed by atoms with van der Waals surface area (Å²) in [5.74, 6) is 0.856. The van der Waals surface area contributed by atoms with Gasteiger partial charge in [0.1, 0.15) is 6.10 Å². The molecule has 10 heavy (non-hydrogen) atoms. The van der Waals surface area contributed by atoms with Gasteiger partial charge in [-0.3, -0.25) is 4.79 Å². The number of Topliss-reactive ketones (excluding diaryl/α,β-unsaturated/α-hetero) is 1. The first kappa shape index (κ1) is 8.08. The van der Waals surface area contributed by atoms with Crippen molar-refractivity contribution in [3.05, 3.63) is 0 Å². The molecule has 1 atom stereocenters. The van der Waals surface area contributed by atoms with Crippen molar-refractivity contribution in [2.24, 2.45) is 0 Å². The molecule has 1 aliphatic heterocycles. The van der Waals surface area contributed by atoms with Crippen molar-refractivity contribution in [2.75, 3.05) is 18.6 Å². The second-order valence-electron chi connectivity index (χ2n) is 2.40. The molecule has 0 aromatic rings. The number of carbonyl (C=O) groups excluding carboxylic acids is 1. The summed E-state index contributed by atoms with van der Waals surface area (Å²) in [6.45, 7) is 0.769. The molecule has 0 aliphatic carbocycles. The van der Waals surface area contributed by atoms with Gasteiger partial charge in [-0.1, -0.05) is 0 Å². The van der Waals surface area contributed by atoms with Crippen LogP contribution in [0, 0.1) is 0 Å². The highest BCUT2D eigenvalue weighted by Gasteiger charge is 2.22. The lowest BCUT2D eigenvalue weighted by molar-refractivity contribution is -0.125. The zero-order chi connectivity index (χ0) is 7.40. The Kier molecular flexibility index (Phi) is 3.22. The van der Waals surface area contributed by atoms with Crippen LogP contribution in [0.5, 0.6) is 0 Å². The van der Waals surface area contributed by atoms with Gasteiger partial charge in [-0.15, -0.1) is 0 Å². The maximum atomic E-state index is 11.1. The lowest BCUT2D eigenvalue weighted by Gasteiger charge is -2.05. The van der Waals surface area contributed by atoms with Gasteiger partial charge in [0.2, 0.25) is 0 Å². The van der Waals surface area contributed by atoms with E-state index in [2.05, 4.69) is 0 Å². The quantitative estimate of drug-likeness (QED) is 0.618. The zero-order valence-corrected chi connectivity index (χ0v) is 6.95. The highest BCUT2D eigenvalue weighted by atomic mass is 32.2. The Bertz CT molecular complexity index is 119. The second kappa shape index (κ2) is 3.98. The molecule has 0 spiro atoms. The Hall–Kier alpha value is -0.0200. The molecule has 0 radical (unpaired) electrons. The smallest absolute Gasteiger partial charge is 0.171 e. The highest BCUT2D eigenvalue weighted by molar-refractivity contribution is 7.99. The zero-order valence-electron chi connectivity index (χ0n) is 6.13. The third-order valence-electron chi connectivity index (χ3n) is 1.58. The molecule has 1 rings (SSSR count). The maximum absolute atomic E-state index is 11.1. The molecular weight excluding hydrogens is 148 g/mol. The molecule has 58 valence electrons. The predicted octanol–water partition coefficient (Wildman–Crippen LogP) is 1.10. The molecular formula is C7H12O2S. The molecule has 0 unspecified atom stereocenters. The van der Waals surface area contributed by atoms with Crippen LogP contribution in [0.1, 0.15) is 12.8 Å². The van der Waals surface area contributed by atoms with Crippen molar-refractivity contribution < 1.29 is 9.53 Å². The van der Waals surface area contributed by atoms with Crippen LogP contribution in [0.25, 0.3) is 0 Å². The van der Waals surface area contributed by atoms with Gasteiger partial charge >= 0.3 is 0 Å². The summed E-state index contributed by atoms with van der Waals surface area (Å²) in [7, 11) is 0. The SMILES string of the molecule is CSCC(=O)[C@H]1CCCO1. The highest BCUT2D eigenvalue weighted by Crippen LogP contribution is 2.14. The third-order valence-corrected chi connectivity index (χ3v) is 2.15. The number of carbonyl (C=O) groups is 1. The lowest BCUT2D eigenvalue weighted by atomic mass is 10.2. The number of hydrogen-bond acceptors (Lipinski definition) is 3. The van der Waals surface area contributed by atoms with Crippen molar-refractivity contribution in [2.45, 2.75) is 18.9 Å². The van der Waals surface area contributed by atoms with Gasteiger partial charge in [0, 0.05) is 6.61 Å². The van der Waals surface area contributed by atoms with Crippen LogP contribution in [0.4, 0.5) is 0 Å². The van der Waals surface area contributed by atoms with Crippen LogP contribution in [-0.2, 0) is 9.53 Å². The van der Waals surface area contributed by atoms with E-state index < -0.39 is 0 Å². The van der Waals surface area contributed by atoms with E-state index in [1.165, 1.54) is 0 Å². The first-order chi connectivity index (χ1) is 4.84. The summed E-state index contributed by atoms with van der Waals surface area (Å²) in [4.78, 5) is 11.1. The van der Waals surface area contributed by atoms with E-state index >= 15 is 0 Å². The Labute approximate surface area is 65.3 Å². The third kappa shape index (κ3) is 1.99. The summed E-state index contributed by atoms with van der Waals surface area (Å²) in [5.41, 5.74) is 0. The first-order valence-corrected chi connectivity index (χ1v) is 4.87. The average Bonchev–Trinajstić information content (AvgIpc) is 2.38. The first-order valence-electron chi connectivity index (χ1n) is 3.48. The largest absolute Gasteiger partial charge is 0.370 e. The summed E-state index contributed by atoms with van der Waals surface area (Å²) < 4.78 is 5.20. The van der Waals surface area contributed by atoms with Gasteiger partial charge in [0.15, 0.2) is 5.78 Å². The van der Waals surface area contributed by atoms with Crippen LogP contribution in [-0.4, -0.2) is 30.5 Å². The maximum Gasteiger partial charge on any atom is 0.171 e. The fourth-order valence-corrected chi connectivity index (χ4v) is 1.54. The number of ether oxygens (including phenoxy) is 1. The van der Waals surface area contributed by atoms with E-state index in [9.17, 15) is 4.79 Å². The Morgan fingerprint density at radius 2 is 2.60 bits per heavy atom.